The van der Waals surface area contributed by atoms with E-state index in [2.05, 4.69) is 0 Å². The molecule has 0 amide bonds. The molecule has 0 aliphatic carbocycles. The van der Waals surface area contributed by atoms with Gasteiger partial charge in [-0.25, -0.2) is 4.79 Å². The van der Waals surface area contributed by atoms with E-state index in [1.807, 2.05) is 0 Å². The number of aliphatic hydroxyl groups excluding tert-OH is 6. The van der Waals surface area contributed by atoms with Crippen LogP contribution in [-0.2, 0) is 9.59 Å². The minimum absolute atomic E-state index is 0. The molecule has 5 atom stereocenters. The SMILES string of the molecule is CC(O)C(=O)[O-].O=C(O)C(O)C(O)C(O)C(O)CO.[K+]. The van der Waals surface area contributed by atoms with E-state index in [1.165, 1.54) is 0 Å². The molecule has 0 fully saturated rings. The van der Waals surface area contributed by atoms with Crippen LogP contribution in [0.4, 0.5) is 0 Å². The van der Waals surface area contributed by atoms with Gasteiger partial charge in [0.2, 0.25) is 0 Å². The van der Waals surface area contributed by atoms with Gasteiger partial charge in [-0.3, -0.25) is 0 Å². The van der Waals surface area contributed by atoms with Gasteiger partial charge < -0.3 is 45.6 Å². The summed E-state index contributed by atoms with van der Waals surface area (Å²) in [4.78, 5) is 19.4. The third-order valence-corrected chi connectivity index (χ3v) is 1.85. The maximum absolute atomic E-state index is 10.1. The summed E-state index contributed by atoms with van der Waals surface area (Å²) in [7, 11) is 0. The minimum atomic E-state index is -2.20. The summed E-state index contributed by atoms with van der Waals surface area (Å²) in [5.41, 5.74) is 0. The Labute approximate surface area is 156 Å². The van der Waals surface area contributed by atoms with Gasteiger partial charge in [-0.05, 0) is 6.92 Å². The molecule has 0 saturated heterocycles. The summed E-state index contributed by atoms with van der Waals surface area (Å²) in [6.45, 7) is 0.292. The summed E-state index contributed by atoms with van der Waals surface area (Å²) in [6, 6.07) is 0. The predicted molar refractivity (Wildman–Crippen MR) is 55.4 cm³/mol. The van der Waals surface area contributed by atoms with E-state index in [4.69, 9.17) is 35.7 Å². The number of aliphatic hydroxyl groups is 6. The van der Waals surface area contributed by atoms with Crippen LogP contribution in [0.3, 0.4) is 0 Å². The van der Waals surface area contributed by atoms with Crippen molar-refractivity contribution in [1.29, 1.82) is 0 Å². The van der Waals surface area contributed by atoms with Gasteiger partial charge in [0.15, 0.2) is 6.10 Å². The van der Waals surface area contributed by atoms with Crippen molar-refractivity contribution in [3.63, 3.8) is 0 Å². The molecule has 0 aliphatic heterocycles. The number of carbonyl (C=O) groups excluding carboxylic acids is 1. The number of carboxylic acids is 2. The van der Waals surface area contributed by atoms with E-state index in [0.717, 1.165) is 6.92 Å². The van der Waals surface area contributed by atoms with Crippen molar-refractivity contribution in [2.45, 2.75) is 37.4 Å². The largest absolute Gasteiger partial charge is 1.00 e. The molecule has 11 heteroatoms. The first-order chi connectivity index (χ1) is 8.56. The van der Waals surface area contributed by atoms with Gasteiger partial charge in [0.05, 0.1) is 18.7 Å². The van der Waals surface area contributed by atoms with Crippen molar-refractivity contribution >= 4 is 11.9 Å². The molecular weight excluding hydrogens is 307 g/mol. The van der Waals surface area contributed by atoms with Crippen molar-refractivity contribution < 1.29 is 102 Å². The van der Waals surface area contributed by atoms with Gasteiger partial charge in [0.1, 0.15) is 18.3 Å². The van der Waals surface area contributed by atoms with Gasteiger partial charge in [0.25, 0.3) is 0 Å². The molecule has 0 saturated carbocycles. The van der Waals surface area contributed by atoms with Gasteiger partial charge in [0, 0.05) is 0 Å². The van der Waals surface area contributed by atoms with Crippen molar-refractivity contribution in [3.05, 3.63) is 0 Å². The van der Waals surface area contributed by atoms with Gasteiger partial charge in [-0.1, -0.05) is 0 Å². The molecule has 10 nitrogen and oxygen atoms in total. The van der Waals surface area contributed by atoms with Crippen molar-refractivity contribution in [2.24, 2.45) is 0 Å². The number of carbonyl (C=O) groups is 2. The van der Waals surface area contributed by atoms with Crippen LogP contribution < -0.4 is 56.5 Å². The Morgan fingerprint density at radius 3 is 1.60 bits per heavy atom. The number of carboxylic acid groups (broad SMARTS) is 2. The number of hydrogen-bond acceptors (Lipinski definition) is 9. The quantitative estimate of drug-likeness (QED) is 0.230. The van der Waals surface area contributed by atoms with Crippen molar-refractivity contribution in [3.8, 4) is 0 Å². The first kappa shape index (κ1) is 25.3. The first-order valence-corrected chi connectivity index (χ1v) is 5.01. The minimum Gasteiger partial charge on any atom is -0.547 e. The Morgan fingerprint density at radius 1 is 1.05 bits per heavy atom. The molecule has 0 bridgehead atoms. The summed E-state index contributed by atoms with van der Waals surface area (Å²) in [6.07, 6.45) is -9.18. The number of hydrogen-bond donors (Lipinski definition) is 7. The molecule has 0 spiro atoms. The summed E-state index contributed by atoms with van der Waals surface area (Å²) in [5.74, 6) is -3.16. The monoisotopic (exact) mass is 324 g/mol. The molecule has 0 aromatic rings. The zero-order chi connectivity index (χ0) is 15.7. The standard InChI is InChI=1S/C6H12O7.C3H6O3.K/c7-1-2(8)3(9)4(10)5(11)6(12)13;1-2(4)3(5)6;/h2-5,7-11H,1H2,(H,12,13);2,4H,1H3,(H,5,6);/q;;+1/p-1. The Morgan fingerprint density at radius 2 is 1.40 bits per heavy atom. The van der Waals surface area contributed by atoms with E-state index in [0.29, 0.717) is 0 Å². The Hall–Kier alpha value is 0.336. The molecular formula is C9H17KO10. The second-order valence-corrected chi connectivity index (χ2v) is 3.51. The molecule has 0 aromatic heterocycles. The van der Waals surface area contributed by atoms with E-state index in [-0.39, 0.29) is 51.4 Å². The van der Waals surface area contributed by atoms with Crippen LogP contribution in [0.25, 0.3) is 0 Å². The molecule has 0 rings (SSSR count). The molecule has 20 heavy (non-hydrogen) atoms. The smallest absolute Gasteiger partial charge is 0.547 e. The van der Waals surface area contributed by atoms with Crippen LogP contribution in [0.15, 0.2) is 0 Å². The zero-order valence-corrected chi connectivity index (χ0v) is 14.1. The van der Waals surface area contributed by atoms with E-state index in [1.54, 1.807) is 0 Å². The number of rotatable bonds is 6. The maximum atomic E-state index is 10.1. The Kier molecular flexibility index (Phi) is 16.5. The van der Waals surface area contributed by atoms with Crippen LogP contribution >= 0.6 is 0 Å². The molecule has 114 valence electrons. The van der Waals surface area contributed by atoms with Crippen LogP contribution in [0, 0.1) is 0 Å². The topological polar surface area (TPSA) is 199 Å². The third kappa shape index (κ3) is 11.0. The average molecular weight is 324 g/mol. The third-order valence-electron chi connectivity index (χ3n) is 1.85. The maximum Gasteiger partial charge on any atom is 1.00 e. The van der Waals surface area contributed by atoms with E-state index < -0.39 is 49.1 Å². The van der Waals surface area contributed by atoms with E-state index in [9.17, 15) is 14.7 Å². The van der Waals surface area contributed by atoms with Gasteiger partial charge >= 0.3 is 57.4 Å². The summed E-state index contributed by atoms with van der Waals surface area (Å²) in [5, 5.41) is 69.1. The second-order valence-electron chi connectivity index (χ2n) is 3.51. The fourth-order valence-corrected chi connectivity index (χ4v) is 0.668. The van der Waals surface area contributed by atoms with Gasteiger partial charge in [-0.15, -0.1) is 0 Å². The summed E-state index contributed by atoms with van der Waals surface area (Å²) < 4.78 is 0. The molecule has 0 heterocycles. The molecule has 0 aliphatic rings. The van der Waals surface area contributed by atoms with Crippen molar-refractivity contribution in [2.75, 3.05) is 6.61 Å². The van der Waals surface area contributed by atoms with Crippen LogP contribution in [0.1, 0.15) is 6.92 Å². The van der Waals surface area contributed by atoms with Crippen LogP contribution in [0.2, 0.25) is 0 Å². The molecule has 0 radical (unpaired) electrons. The first-order valence-electron chi connectivity index (χ1n) is 5.01. The Bertz CT molecular complexity index is 284. The van der Waals surface area contributed by atoms with Gasteiger partial charge in [-0.2, -0.15) is 0 Å². The zero-order valence-electron chi connectivity index (χ0n) is 10.9. The molecule has 7 N–H and O–H groups in total. The van der Waals surface area contributed by atoms with E-state index >= 15 is 0 Å². The predicted octanol–water partition coefficient (Wildman–Crippen LogP) is -8.37. The van der Waals surface area contributed by atoms with Crippen LogP contribution in [0.5, 0.6) is 0 Å². The summed E-state index contributed by atoms with van der Waals surface area (Å²) >= 11 is 0. The average Bonchev–Trinajstić information content (AvgIpc) is 2.35. The van der Waals surface area contributed by atoms with Crippen LogP contribution in [-0.4, -0.2) is 84.8 Å². The van der Waals surface area contributed by atoms with Crippen molar-refractivity contribution in [1.82, 2.24) is 0 Å². The molecule has 5 unspecified atom stereocenters. The molecule has 0 aromatic carbocycles. The fraction of sp³-hybridized carbons (Fsp3) is 0.778. The fourth-order valence-electron chi connectivity index (χ4n) is 0.668. The Balaban J connectivity index is -0.000000352. The number of aliphatic carboxylic acids is 2. The second kappa shape index (κ2) is 13.0. The normalized spacial score (nSPS) is 17.4.